The smallest absolute Gasteiger partial charge is 0.161 e. The zero-order chi connectivity index (χ0) is 15.5. The molecule has 0 saturated carbocycles. The standard InChI is InChI=1S/C14H23N5S2/c1-6-8-15-9(7-2)12-17-18-13(20-12)10-11(14(3,4)5)16-19-21-10/h9,15H,6-8H2,1-5H3. The maximum absolute atomic E-state index is 4.38. The van der Waals surface area contributed by atoms with Gasteiger partial charge in [0.25, 0.3) is 0 Å². The van der Waals surface area contributed by atoms with Gasteiger partial charge < -0.3 is 5.32 Å². The van der Waals surface area contributed by atoms with Crippen LogP contribution in [0.4, 0.5) is 0 Å². The van der Waals surface area contributed by atoms with Gasteiger partial charge in [-0.2, -0.15) is 0 Å². The molecule has 0 bridgehead atoms. The summed E-state index contributed by atoms with van der Waals surface area (Å²) in [6.07, 6.45) is 2.14. The van der Waals surface area contributed by atoms with Gasteiger partial charge in [-0.3, -0.25) is 0 Å². The quantitative estimate of drug-likeness (QED) is 0.875. The highest BCUT2D eigenvalue weighted by Crippen LogP contribution is 2.36. The average molecular weight is 326 g/mol. The summed E-state index contributed by atoms with van der Waals surface area (Å²) >= 11 is 3.06. The molecule has 2 heterocycles. The van der Waals surface area contributed by atoms with Gasteiger partial charge in [-0.25, -0.2) is 0 Å². The molecule has 1 atom stereocenters. The molecule has 0 radical (unpaired) electrons. The molecule has 0 aliphatic rings. The highest BCUT2D eigenvalue weighted by Gasteiger charge is 2.26. The van der Waals surface area contributed by atoms with Gasteiger partial charge in [0.2, 0.25) is 0 Å². The molecule has 2 aromatic rings. The predicted octanol–water partition coefficient (Wildman–Crippen LogP) is 3.80. The first kappa shape index (κ1) is 16.5. The van der Waals surface area contributed by atoms with Crippen LogP contribution in [0, 0.1) is 0 Å². The van der Waals surface area contributed by atoms with Crippen LogP contribution in [-0.2, 0) is 5.41 Å². The molecule has 5 nitrogen and oxygen atoms in total. The molecule has 0 saturated heterocycles. The van der Waals surface area contributed by atoms with Gasteiger partial charge in [0, 0.05) is 5.41 Å². The van der Waals surface area contributed by atoms with Gasteiger partial charge in [0.05, 0.1) is 11.7 Å². The van der Waals surface area contributed by atoms with Gasteiger partial charge in [-0.05, 0) is 30.9 Å². The summed E-state index contributed by atoms with van der Waals surface area (Å²) in [5.41, 5.74) is 0.975. The number of hydrogen-bond acceptors (Lipinski definition) is 7. The Labute approximate surface area is 134 Å². The summed E-state index contributed by atoms with van der Waals surface area (Å²) in [5, 5.41) is 18.5. The first-order chi connectivity index (χ1) is 9.97. The zero-order valence-corrected chi connectivity index (χ0v) is 14.9. The normalized spacial score (nSPS) is 13.6. The molecule has 0 aliphatic carbocycles. The third-order valence-electron chi connectivity index (χ3n) is 3.18. The zero-order valence-electron chi connectivity index (χ0n) is 13.3. The van der Waals surface area contributed by atoms with E-state index in [1.807, 2.05) is 0 Å². The van der Waals surface area contributed by atoms with Crippen molar-refractivity contribution < 1.29 is 0 Å². The summed E-state index contributed by atoms with van der Waals surface area (Å²) in [5.74, 6) is 0. The van der Waals surface area contributed by atoms with Crippen LogP contribution in [0.15, 0.2) is 0 Å². The fourth-order valence-corrected chi connectivity index (χ4v) is 3.95. The second-order valence-electron chi connectivity index (χ2n) is 6.06. The van der Waals surface area contributed by atoms with Gasteiger partial charge in [0.1, 0.15) is 9.88 Å². The monoisotopic (exact) mass is 325 g/mol. The van der Waals surface area contributed by atoms with Crippen LogP contribution >= 0.6 is 22.9 Å². The minimum Gasteiger partial charge on any atom is -0.308 e. The van der Waals surface area contributed by atoms with Crippen LogP contribution in [-0.4, -0.2) is 26.3 Å². The molecule has 2 rings (SSSR count). The maximum Gasteiger partial charge on any atom is 0.161 e. The van der Waals surface area contributed by atoms with Crippen molar-refractivity contribution in [1.82, 2.24) is 25.1 Å². The Morgan fingerprint density at radius 3 is 2.52 bits per heavy atom. The number of aromatic nitrogens is 4. The summed E-state index contributed by atoms with van der Waals surface area (Å²) in [4.78, 5) is 1.05. The first-order valence-corrected chi connectivity index (χ1v) is 8.96. The lowest BCUT2D eigenvalue weighted by atomic mass is 9.91. The van der Waals surface area contributed by atoms with E-state index in [2.05, 4.69) is 59.7 Å². The fourth-order valence-electron chi connectivity index (χ4n) is 2.01. The molecule has 1 N–H and O–H groups in total. The van der Waals surface area contributed by atoms with Gasteiger partial charge in [0.15, 0.2) is 5.01 Å². The molecule has 1 unspecified atom stereocenters. The van der Waals surface area contributed by atoms with Crippen molar-refractivity contribution in [3.8, 4) is 9.88 Å². The largest absolute Gasteiger partial charge is 0.308 e. The van der Waals surface area contributed by atoms with Crippen molar-refractivity contribution in [3.63, 3.8) is 0 Å². The van der Waals surface area contributed by atoms with E-state index in [-0.39, 0.29) is 11.5 Å². The Morgan fingerprint density at radius 1 is 1.14 bits per heavy atom. The van der Waals surface area contributed by atoms with Crippen LogP contribution in [0.3, 0.4) is 0 Å². The second kappa shape index (κ2) is 6.89. The van der Waals surface area contributed by atoms with Crippen molar-refractivity contribution in [2.75, 3.05) is 6.54 Å². The molecule has 0 aliphatic heterocycles. The molecule has 0 fully saturated rings. The Bertz CT molecular complexity index is 570. The topological polar surface area (TPSA) is 63.6 Å². The van der Waals surface area contributed by atoms with Crippen molar-refractivity contribution in [1.29, 1.82) is 0 Å². The third kappa shape index (κ3) is 3.84. The maximum atomic E-state index is 4.38. The number of hydrogen-bond donors (Lipinski definition) is 1. The van der Waals surface area contributed by atoms with Crippen LogP contribution < -0.4 is 5.32 Å². The summed E-state index contributed by atoms with van der Waals surface area (Å²) in [6, 6.07) is 0.287. The van der Waals surface area contributed by atoms with Gasteiger partial charge in [-0.15, -0.1) is 15.3 Å². The van der Waals surface area contributed by atoms with E-state index in [9.17, 15) is 0 Å². The Hall–Kier alpha value is -0.920. The van der Waals surface area contributed by atoms with Crippen molar-refractivity contribution in [3.05, 3.63) is 10.7 Å². The van der Waals surface area contributed by atoms with E-state index >= 15 is 0 Å². The van der Waals surface area contributed by atoms with Crippen molar-refractivity contribution in [2.45, 2.75) is 58.9 Å². The van der Waals surface area contributed by atoms with Gasteiger partial charge >= 0.3 is 0 Å². The van der Waals surface area contributed by atoms with E-state index in [1.165, 1.54) is 11.5 Å². The van der Waals surface area contributed by atoms with E-state index < -0.39 is 0 Å². The van der Waals surface area contributed by atoms with Crippen LogP contribution in [0.5, 0.6) is 0 Å². The third-order valence-corrected chi connectivity index (χ3v) is 5.10. The molecule has 0 spiro atoms. The number of rotatable bonds is 6. The first-order valence-electron chi connectivity index (χ1n) is 7.37. The minimum atomic E-state index is -0.0290. The molecule has 7 heteroatoms. The Balaban J connectivity index is 2.26. The van der Waals surface area contributed by atoms with E-state index in [4.69, 9.17) is 0 Å². The van der Waals surface area contributed by atoms with Crippen LogP contribution in [0.2, 0.25) is 0 Å². The number of nitrogens with zero attached hydrogens (tertiary/aromatic N) is 4. The molecule has 21 heavy (non-hydrogen) atoms. The lowest BCUT2D eigenvalue weighted by molar-refractivity contribution is 0.513. The molecule has 0 aromatic carbocycles. The second-order valence-corrected chi connectivity index (χ2v) is 7.82. The summed E-state index contributed by atoms with van der Waals surface area (Å²) in [7, 11) is 0. The SMILES string of the molecule is CCCNC(CC)c1nnc(-c2snnc2C(C)(C)C)s1. The van der Waals surface area contributed by atoms with E-state index in [0.29, 0.717) is 0 Å². The summed E-state index contributed by atoms with van der Waals surface area (Å²) in [6.45, 7) is 11.8. The minimum absolute atomic E-state index is 0.0290. The lowest BCUT2D eigenvalue weighted by Crippen LogP contribution is -2.21. The summed E-state index contributed by atoms with van der Waals surface area (Å²) < 4.78 is 4.10. The highest BCUT2D eigenvalue weighted by atomic mass is 32.1. The number of nitrogens with one attached hydrogen (secondary N) is 1. The molecular weight excluding hydrogens is 302 g/mol. The van der Waals surface area contributed by atoms with Gasteiger partial charge in [-0.1, -0.05) is 50.4 Å². The molecule has 2 aromatic heterocycles. The Morgan fingerprint density at radius 2 is 1.90 bits per heavy atom. The molecular formula is C14H23N5S2. The predicted molar refractivity (Wildman–Crippen MR) is 88.8 cm³/mol. The lowest BCUT2D eigenvalue weighted by Gasteiger charge is -2.15. The molecule has 116 valence electrons. The van der Waals surface area contributed by atoms with Crippen LogP contribution in [0.1, 0.15) is 64.2 Å². The average Bonchev–Trinajstić information content (AvgIpc) is 3.07. The van der Waals surface area contributed by atoms with Crippen molar-refractivity contribution in [2.24, 2.45) is 0 Å². The van der Waals surface area contributed by atoms with Crippen molar-refractivity contribution >= 4 is 22.9 Å². The van der Waals surface area contributed by atoms with Crippen LogP contribution in [0.25, 0.3) is 9.88 Å². The fraction of sp³-hybridized carbons (Fsp3) is 0.714. The van der Waals surface area contributed by atoms with E-state index in [1.54, 1.807) is 11.3 Å². The molecule has 0 amide bonds. The Kier molecular flexibility index (Phi) is 5.40. The highest BCUT2D eigenvalue weighted by molar-refractivity contribution is 7.19. The van der Waals surface area contributed by atoms with E-state index in [0.717, 1.165) is 40.0 Å².